The lowest BCUT2D eigenvalue weighted by Crippen LogP contribution is -2.36. The molecule has 0 radical (unpaired) electrons. The fourth-order valence-corrected chi connectivity index (χ4v) is 3.60. The maximum atomic E-state index is 12.5. The minimum Gasteiger partial charge on any atom is -0.497 e. The van der Waals surface area contributed by atoms with Gasteiger partial charge in [0.25, 0.3) is 5.91 Å². The third-order valence-electron chi connectivity index (χ3n) is 5.26. The molecule has 2 aromatic rings. The van der Waals surface area contributed by atoms with E-state index in [9.17, 15) is 4.79 Å². The van der Waals surface area contributed by atoms with E-state index in [4.69, 9.17) is 9.26 Å². The molecule has 2 fully saturated rings. The number of aromatic nitrogens is 1. The molecule has 0 bridgehead atoms. The number of hydrogen-bond donors (Lipinski definition) is 1. The van der Waals surface area contributed by atoms with E-state index in [1.807, 2.05) is 12.1 Å². The van der Waals surface area contributed by atoms with E-state index in [0.717, 1.165) is 43.0 Å². The smallest absolute Gasteiger partial charge is 0.273 e. The van der Waals surface area contributed by atoms with Gasteiger partial charge in [-0.15, -0.1) is 0 Å². The molecular weight excluding hydrogens is 330 g/mol. The average molecular weight is 355 g/mol. The summed E-state index contributed by atoms with van der Waals surface area (Å²) in [4.78, 5) is 14.9. The van der Waals surface area contributed by atoms with Gasteiger partial charge in [-0.05, 0) is 56.5 Å². The number of benzene rings is 1. The van der Waals surface area contributed by atoms with Gasteiger partial charge in [-0.3, -0.25) is 9.69 Å². The summed E-state index contributed by atoms with van der Waals surface area (Å²) in [7, 11) is 1.67. The van der Waals surface area contributed by atoms with Gasteiger partial charge in [-0.2, -0.15) is 0 Å². The standard InChI is InChI=1S/C20H25N3O3/c1-25-16-6-4-5-15(11-16)18(23-9-2-3-10-23)13-21-20(24)17-12-19(26-22-17)14-7-8-14/h4-6,11-12,14,18H,2-3,7-10,13H2,1H3,(H,21,24). The van der Waals surface area contributed by atoms with Crippen LogP contribution in [0.4, 0.5) is 0 Å². The van der Waals surface area contributed by atoms with Crippen molar-refractivity contribution in [2.75, 3.05) is 26.7 Å². The van der Waals surface area contributed by atoms with Crippen LogP contribution in [0, 0.1) is 0 Å². The molecule has 1 aromatic heterocycles. The van der Waals surface area contributed by atoms with Gasteiger partial charge >= 0.3 is 0 Å². The molecule has 1 atom stereocenters. The van der Waals surface area contributed by atoms with Gasteiger partial charge < -0.3 is 14.6 Å². The molecule has 2 heterocycles. The van der Waals surface area contributed by atoms with E-state index in [2.05, 4.69) is 27.5 Å². The molecule has 26 heavy (non-hydrogen) atoms. The first-order chi connectivity index (χ1) is 12.7. The Hall–Kier alpha value is -2.34. The zero-order valence-electron chi connectivity index (χ0n) is 15.1. The Labute approximate surface area is 153 Å². The second kappa shape index (κ2) is 7.50. The Bertz CT molecular complexity index is 763. The van der Waals surface area contributed by atoms with Crippen molar-refractivity contribution in [1.29, 1.82) is 0 Å². The predicted octanol–water partition coefficient (Wildman–Crippen LogP) is 3.13. The molecule has 1 saturated carbocycles. The first-order valence-electron chi connectivity index (χ1n) is 9.37. The molecule has 138 valence electrons. The van der Waals surface area contributed by atoms with Crippen LogP contribution < -0.4 is 10.1 Å². The van der Waals surface area contributed by atoms with Crippen LogP contribution in [0.5, 0.6) is 5.75 Å². The number of rotatable bonds is 7. The van der Waals surface area contributed by atoms with E-state index < -0.39 is 0 Å². The van der Waals surface area contributed by atoms with E-state index in [0.29, 0.717) is 18.2 Å². The van der Waals surface area contributed by atoms with Gasteiger partial charge in [0.15, 0.2) is 5.69 Å². The van der Waals surface area contributed by atoms with Gasteiger partial charge in [-0.1, -0.05) is 17.3 Å². The van der Waals surface area contributed by atoms with Gasteiger partial charge in [0.05, 0.1) is 13.2 Å². The second-order valence-corrected chi connectivity index (χ2v) is 7.13. The number of carbonyl (C=O) groups is 1. The van der Waals surface area contributed by atoms with Crippen molar-refractivity contribution in [3.8, 4) is 5.75 Å². The highest BCUT2D eigenvalue weighted by atomic mass is 16.5. The second-order valence-electron chi connectivity index (χ2n) is 7.13. The molecule has 1 unspecified atom stereocenters. The van der Waals surface area contributed by atoms with Crippen molar-refractivity contribution < 1.29 is 14.1 Å². The van der Waals surface area contributed by atoms with Gasteiger partial charge in [-0.25, -0.2) is 0 Å². The van der Waals surface area contributed by atoms with Crippen LogP contribution in [0.3, 0.4) is 0 Å². The molecule has 0 spiro atoms. The molecule has 6 heteroatoms. The SMILES string of the molecule is COc1cccc(C(CNC(=O)c2cc(C3CC3)on2)N2CCCC2)c1. The molecule has 2 aliphatic rings. The lowest BCUT2D eigenvalue weighted by molar-refractivity contribution is 0.0928. The summed E-state index contributed by atoms with van der Waals surface area (Å²) in [6.45, 7) is 2.64. The quantitative estimate of drug-likeness (QED) is 0.826. The molecule has 1 aliphatic carbocycles. The van der Waals surface area contributed by atoms with Crippen molar-refractivity contribution in [1.82, 2.24) is 15.4 Å². The number of carbonyl (C=O) groups excluding carboxylic acids is 1. The zero-order valence-corrected chi connectivity index (χ0v) is 15.1. The topological polar surface area (TPSA) is 67.6 Å². The Morgan fingerprint density at radius 3 is 2.88 bits per heavy atom. The minimum atomic E-state index is -0.173. The maximum Gasteiger partial charge on any atom is 0.273 e. The lowest BCUT2D eigenvalue weighted by atomic mass is 10.0. The summed E-state index contributed by atoms with van der Waals surface area (Å²) in [6.07, 6.45) is 4.65. The highest BCUT2D eigenvalue weighted by molar-refractivity contribution is 5.92. The minimum absolute atomic E-state index is 0.131. The third-order valence-corrected chi connectivity index (χ3v) is 5.26. The summed E-state index contributed by atoms with van der Waals surface area (Å²) in [5, 5.41) is 6.97. The molecule has 1 aliphatic heterocycles. The number of likely N-dealkylation sites (tertiary alicyclic amines) is 1. The van der Waals surface area contributed by atoms with Crippen molar-refractivity contribution >= 4 is 5.91 Å². The Morgan fingerprint density at radius 1 is 1.35 bits per heavy atom. The zero-order chi connectivity index (χ0) is 17.9. The number of nitrogens with one attached hydrogen (secondary N) is 1. The highest BCUT2D eigenvalue weighted by Crippen LogP contribution is 2.40. The summed E-state index contributed by atoms with van der Waals surface area (Å²) >= 11 is 0. The van der Waals surface area contributed by atoms with Crippen LogP contribution in [0.1, 0.15) is 59.5 Å². The number of ether oxygens (including phenoxy) is 1. The largest absolute Gasteiger partial charge is 0.497 e. The molecule has 4 rings (SSSR count). The van der Waals surface area contributed by atoms with Gasteiger partial charge in [0.1, 0.15) is 11.5 Å². The first-order valence-corrected chi connectivity index (χ1v) is 9.37. The molecular formula is C20H25N3O3. The van der Waals surface area contributed by atoms with Crippen LogP contribution in [0.25, 0.3) is 0 Å². The maximum absolute atomic E-state index is 12.5. The first kappa shape index (κ1) is 17.1. The van der Waals surface area contributed by atoms with Gasteiger partial charge in [0, 0.05) is 18.5 Å². The molecule has 6 nitrogen and oxygen atoms in total. The van der Waals surface area contributed by atoms with E-state index in [-0.39, 0.29) is 11.9 Å². The summed E-state index contributed by atoms with van der Waals surface area (Å²) in [5.74, 6) is 1.95. The Balaban J connectivity index is 1.46. The van der Waals surface area contributed by atoms with Crippen molar-refractivity contribution in [2.45, 2.75) is 37.6 Å². The molecule has 1 N–H and O–H groups in total. The third kappa shape index (κ3) is 3.75. The van der Waals surface area contributed by atoms with Crippen molar-refractivity contribution in [2.24, 2.45) is 0 Å². The van der Waals surface area contributed by atoms with Crippen LogP contribution in [-0.2, 0) is 0 Å². The summed E-state index contributed by atoms with van der Waals surface area (Å²) in [5.41, 5.74) is 1.53. The van der Waals surface area contributed by atoms with E-state index in [1.165, 1.54) is 12.8 Å². The van der Waals surface area contributed by atoms with Crippen LogP contribution in [0.2, 0.25) is 0 Å². The Morgan fingerprint density at radius 2 is 2.15 bits per heavy atom. The van der Waals surface area contributed by atoms with Crippen molar-refractivity contribution in [3.63, 3.8) is 0 Å². The fourth-order valence-electron chi connectivity index (χ4n) is 3.60. The fraction of sp³-hybridized carbons (Fsp3) is 0.500. The van der Waals surface area contributed by atoms with Crippen LogP contribution in [-0.4, -0.2) is 42.7 Å². The summed E-state index contributed by atoms with van der Waals surface area (Å²) < 4.78 is 10.7. The lowest BCUT2D eigenvalue weighted by Gasteiger charge is -2.28. The number of amides is 1. The molecule has 1 saturated heterocycles. The van der Waals surface area contributed by atoms with Crippen molar-refractivity contribution in [3.05, 3.63) is 47.3 Å². The molecule has 1 aromatic carbocycles. The van der Waals surface area contributed by atoms with E-state index in [1.54, 1.807) is 13.2 Å². The average Bonchev–Trinajstić information content (AvgIpc) is 3.17. The number of hydrogen-bond acceptors (Lipinski definition) is 5. The highest BCUT2D eigenvalue weighted by Gasteiger charge is 2.29. The number of nitrogens with zero attached hydrogens (tertiary/aromatic N) is 2. The van der Waals surface area contributed by atoms with Crippen LogP contribution >= 0.6 is 0 Å². The van der Waals surface area contributed by atoms with Gasteiger partial charge in [0.2, 0.25) is 0 Å². The predicted molar refractivity (Wildman–Crippen MR) is 97.4 cm³/mol. The monoisotopic (exact) mass is 355 g/mol. The Kier molecular flexibility index (Phi) is 4.93. The summed E-state index contributed by atoms with van der Waals surface area (Å²) in [6, 6.07) is 10.0. The van der Waals surface area contributed by atoms with E-state index >= 15 is 0 Å². The molecule has 1 amide bonds. The normalized spacial score (nSPS) is 18.7. The van der Waals surface area contributed by atoms with Crippen LogP contribution in [0.15, 0.2) is 34.9 Å². The number of methoxy groups -OCH3 is 1.